The molecule has 0 spiro atoms. The first kappa shape index (κ1) is 19.4. The van der Waals surface area contributed by atoms with Gasteiger partial charge in [0.15, 0.2) is 23.2 Å². The highest BCUT2D eigenvalue weighted by atomic mass is 17.1. The molecule has 13 heteroatoms. The molecule has 0 bridgehead atoms. The molecular weight excluding hydrogens is 376 g/mol. The summed E-state index contributed by atoms with van der Waals surface area (Å²) >= 11 is 0. The molecule has 0 aromatic carbocycles. The van der Waals surface area contributed by atoms with Crippen LogP contribution in [0.4, 0.5) is 5.82 Å². The number of ether oxygens (including phenoxy) is 1. The van der Waals surface area contributed by atoms with Gasteiger partial charge in [0.1, 0.15) is 31.2 Å². The maximum absolute atomic E-state index is 10.3. The summed E-state index contributed by atoms with van der Waals surface area (Å²) in [6.07, 6.45) is 0.0789. The lowest BCUT2D eigenvalue weighted by Crippen LogP contribution is -2.35. The summed E-state index contributed by atoms with van der Waals surface area (Å²) < 4.78 is 7.06. The van der Waals surface area contributed by atoms with Crippen LogP contribution in [-0.2, 0) is 9.57 Å². The molecule has 0 amide bonds. The summed E-state index contributed by atoms with van der Waals surface area (Å²) in [6.45, 7) is -0.393. The van der Waals surface area contributed by atoms with Crippen LogP contribution in [0.3, 0.4) is 0 Å². The molecule has 2 fully saturated rings. The number of fused-ring (bicyclic) bond motifs is 1. The predicted molar refractivity (Wildman–Crippen MR) is 89.9 cm³/mol. The Bertz CT molecular complexity index is 819. The van der Waals surface area contributed by atoms with Crippen LogP contribution in [-0.4, -0.2) is 87.7 Å². The van der Waals surface area contributed by atoms with Crippen molar-refractivity contribution in [1.82, 2.24) is 24.9 Å². The third-order valence-corrected chi connectivity index (χ3v) is 5.13. The number of aliphatic hydroxyl groups excluding tert-OH is 3. The van der Waals surface area contributed by atoms with Gasteiger partial charge >= 0.3 is 0 Å². The zero-order valence-electron chi connectivity index (χ0n) is 14.7. The topological polar surface area (TPSA) is 178 Å². The van der Waals surface area contributed by atoms with Crippen molar-refractivity contribution < 1.29 is 35.3 Å². The molecule has 13 nitrogen and oxygen atoms in total. The number of rotatable bonds is 6. The third kappa shape index (κ3) is 3.54. The molecule has 1 saturated carbocycles. The fourth-order valence-corrected chi connectivity index (χ4v) is 3.67. The number of aromatic nitrogens is 4. The van der Waals surface area contributed by atoms with E-state index < -0.39 is 42.6 Å². The number of anilines is 1. The van der Waals surface area contributed by atoms with Gasteiger partial charge in [-0.3, -0.25) is 15.0 Å². The van der Waals surface area contributed by atoms with Gasteiger partial charge in [0.2, 0.25) is 0 Å². The van der Waals surface area contributed by atoms with Gasteiger partial charge in [0.05, 0.1) is 23.9 Å². The van der Waals surface area contributed by atoms with Gasteiger partial charge in [-0.2, -0.15) is 0 Å². The van der Waals surface area contributed by atoms with E-state index >= 15 is 0 Å². The average Bonchev–Trinajstić information content (AvgIpc) is 3.34. The van der Waals surface area contributed by atoms with Crippen molar-refractivity contribution in [1.29, 1.82) is 0 Å². The molecule has 2 aliphatic rings. The smallest absolute Gasteiger partial charge is 0.167 e. The van der Waals surface area contributed by atoms with Crippen LogP contribution in [0.2, 0.25) is 0 Å². The summed E-state index contributed by atoms with van der Waals surface area (Å²) in [5.41, 5.74) is 0.803. The Hall–Kier alpha value is -1.97. The van der Waals surface area contributed by atoms with Crippen molar-refractivity contribution in [3.63, 3.8) is 0 Å². The highest BCUT2D eigenvalue weighted by molar-refractivity contribution is 5.82. The highest BCUT2D eigenvalue weighted by Gasteiger charge is 2.44. The molecule has 6 N–H and O–H groups in total. The number of hydrogen-bond donors (Lipinski definition) is 6. The standard InChI is InChI=1S/C15H22N6O7/c22-8-3-1-2-7(8)19-13-10-14(17-5-16-13)20(6-18-10)15-12(24)11(23)9(28-15)4-27-21(25)26/h5-9,11-12,15,22-26H,1-4H2,(H,16,17,19)/t7-,8+,9+,11+,12+,15+/m0/s1. The fourth-order valence-electron chi connectivity index (χ4n) is 3.67. The molecule has 154 valence electrons. The lowest BCUT2D eigenvalue weighted by Gasteiger charge is -2.18. The van der Waals surface area contributed by atoms with Gasteiger partial charge in [-0.1, -0.05) is 0 Å². The van der Waals surface area contributed by atoms with Crippen LogP contribution in [0, 0.1) is 0 Å². The minimum absolute atomic E-state index is 0.125. The van der Waals surface area contributed by atoms with Crippen molar-refractivity contribution in [2.24, 2.45) is 0 Å². The van der Waals surface area contributed by atoms with Crippen LogP contribution < -0.4 is 5.32 Å². The zero-order chi connectivity index (χ0) is 19.8. The van der Waals surface area contributed by atoms with E-state index in [0.29, 0.717) is 17.0 Å². The first-order valence-corrected chi connectivity index (χ1v) is 8.90. The van der Waals surface area contributed by atoms with Crippen molar-refractivity contribution in [2.75, 3.05) is 11.9 Å². The summed E-state index contributed by atoms with van der Waals surface area (Å²) in [4.78, 5) is 17.1. The van der Waals surface area contributed by atoms with E-state index in [1.54, 1.807) is 0 Å². The van der Waals surface area contributed by atoms with Gasteiger partial charge in [0.25, 0.3) is 0 Å². The molecule has 6 atom stereocenters. The predicted octanol–water partition coefficient (Wildman–Crippen LogP) is -1.22. The molecule has 4 rings (SSSR count). The van der Waals surface area contributed by atoms with Gasteiger partial charge in [-0.05, 0) is 19.3 Å². The summed E-state index contributed by atoms with van der Waals surface area (Å²) in [5.74, 6) is 0.457. The lowest BCUT2D eigenvalue weighted by atomic mass is 10.1. The normalized spacial score (nSPS) is 33.2. The highest BCUT2D eigenvalue weighted by Crippen LogP contribution is 2.33. The quantitative estimate of drug-likeness (QED) is 0.320. The van der Waals surface area contributed by atoms with Crippen molar-refractivity contribution in [3.05, 3.63) is 12.7 Å². The van der Waals surface area contributed by atoms with Gasteiger partial charge < -0.3 is 25.4 Å². The second-order valence-corrected chi connectivity index (χ2v) is 6.89. The molecule has 0 radical (unpaired) electrons. The largest absolute Gasteiger partial charge is 0.391 e. The van der Waals surface area contributed by atoms with Crippen molar-refractivity contribution in [2.45, 2.75) is 55.9 Å². The minimum Gasteiger partial charge on any atom is -0.391 e. The first-order chi connectivity index (χ1) is 13.5. The molecule has 1 aliphatic heterocycles. The van der Waals surface area contributed by atoms with E-state index in [-0.39, 0.29) is 6.04 Å². The van der Waals surface area contributed by atoms with E-state index in [0.717, 1.165) is 19.3 Å². The Morgan fingerprint density at radius 2 is 2.00 bits per heavy atom. The Morgan fingerprint density at radius 1 is 1.18 bits per heavy atom. The summed E-state index contributed by atoms with van der Waals surface area (Å²) in [7, 11) is 0. The van der Waals surface area contributed by atoms with E-state index in [1.165, 1.54) is 17.2 Å². The van der Waals surface area contributed by atoms with Crippen molar-refractivity contribution >= 4 is 17.0 Å². The van der Waals surface area contributed by atoms with Gasteiger partial charge in [0, 0.05) is 0 Å². The number of nitrogens with zero attached hydrogens (tertiary/aromatic N) is 5. The van der Waals surface area contributed by atoms with Crippen LogP contribution in [0.15, 0.2) is 12.7 Å². The molecule has 2 aromatic heterocycles. The molecule has 1 saturated heterocycles. The SMILES string of the molecule is O[C@@H]1[C@H](O)[C@@H](CON(O)O)O[C@H]1n1cnc2c(N[C@H]3CCC[C@H]3O)ncnc21. The van der Waals surface area contributed by atoms with E-state index in [1.807, 2.05) is 0 Å². The molecule has 2 aromatic rings. The second kappa shape index (κ2) is 7.81. The second-order valence-electron chi connectivity index (χ2n) is 6.89. The number of aliphatic hydroxyl groups is 3. The lowest BCUT2D eigenvalue weighted by molar-refractivity contribution is -0.496. The van der Waals surface area contributed by atoms with Gasteiger partial charge in [-0.25, -0.2) is 19.8 Å². The summed E-state index contributed by atoms with van der Waals surface area (Å²) in [5, 5.41) is 50.5. The fraction of sp³-hybridized carbons (Fsp3) is 0.667. The number of nitrogens with one attached hydrogen (secondary N) is 1. The van der Waals surface area contributed by atoms with Crippen molar-refractivity contribution in [3.8, 4) is 0 Å². The minimum atomic E-state index is -1.32. The Balaban J connectivity index is 1.57. The van der Waals surface area contributed by atoms with E-state index in [2.05, 4.69) is 25.1 Å². The molecule has 0 unspecified atom stereocenters. The maximum Gasteiger partial charge on any atom is 0.167 e. The van der Waals surface area contributed by atoms with Gasteiger partial charge in [-0.15, -0.1) is 0 Å². The van der Waals surface area contributed by atoms with Crippen LogP contribution >= 0.6 is 0 Å². The molecule has 3 heterocycles. The molecule has 1 aliphatic carbocycles. The van der Waals surface area contributed by atoms with Crippen LogP contribution in [0.25, 0.3) is 11.2 Å². The number of imidazole rings is 1. The number of hydrogen-bond acceptors (Lipinski definition) is 12. The average molecular weight is 398 g/mol. The Kier molecular flexibility index (Phi) is 5.39. The summed E-state index contributed by atoms with van der Waals surface area (Å²) in [6, 6.07) is -0.125. The monoisotopic (exact) mass is 398 g/mol. The van der Waals surface area contributed by atoms with E-state index in [9.17, 15) is 15.3 Å². The molecular formula is C15H22N6O7. The van der Waals surface area contributed by atoms with E-state index in [4.69, 9.17) is 15.2 Å². The third-order valence-electron chi connectivity index (χ3n) is 5.13. The molecule has 28 heavy (non-hydrogen) atoms. The van der Waals surface area contributed by atoms with Crippen LogP contribution in [0.5, 0.6) is 0 Å². The Labute approximate surface area is 158 Å². The maximum atomic E-state index is 10.3. The zero-order valence-corrected chi connectivity index (χ0v) is 14.7. The first-order valence-electron chi connectivity index (χ1n) is 8.90. The Morgan fingerprint density at radius 3 is 2.71 bits per heavy atom. The van der Waals surface area contributed by atoms with Crippen LogP contribution in [0.1, 0.15) is 25.5 Å².